The Bertz CT molecular complexity index is 459. The molecule has 0 fully saturated rings. The fourth-order valence-electron chi connectivity index (χ4n) is 1.40. The zero-order valence-corrected chi connectivity index (χ0v) is 8.77. The Morgan fingerprint density at radius 3 is 2.93 bits per heavy atom. The van der Waals surface area contributed by atoms with Crippen LogP contribution in [-0.2, 0) is 13.5 Å². The predicted molar refractivity (Wildman–Crippen MR) is 54.0 cm³/mol. The maximum atomic E-state index is 5.40. The molecule has 0 aliphatic rings. The second kappa shape index (κ2) is 3.82. The number of hydrogen-bond donors (Lipinski definition) is 1. The first-order valence-corrected chi connectivity index (χ1v) is 4.74. The summed E-state index contributed by atoms with van der Waals surface area (Å²) in [7, 11) is 1.85. The van der Waals surface area contributed by atoms with Crippen molar-refractivity contribution in [2.45, 2.75) is 13.3 Å². The van der Waals surface area contributed by atoms with Crippen LogP contribution in [-0.4, -0.2) is 26.5 Å². The molecule has 0 aromatic carbocycles. The van der Waals surface area contributed by atoms with E-state index in [1.165, 1.54) is 0 Å². The highest BCUT2D eigenvalue weighted by Gasteiger charge is 2.13. The van der Waals surface area contributed by atoms with Gasteiger partial charge in [0.1, 0.15) is 0 Å². The molecule has 0 saturated carbocycles. The second-order valence-corrected chi connectivity index (χ2v) is 3.36. The highest BCUT2D eigenvalue weighted by molar-refractivity contribution is 5.54. The first kappa shape index (κ1) is 9.85. The van der Waals surface area contributed by atoms with Crippen molar-refractivity contribution in [3.63, 3.8) is 0 Å². The minimum atomic E-state index is 0.504. The number of aryl methyl sites for hydroxylation is 2. The van der Waals surface area contributed by atoms with E-state index in [0.29, 0.717) is 24.7 Å². The molecule has 6 heteroatoms. The molecule has 80 valence electrons. The van der Waals surface area contributed by atoms with E-state index in [1.807, 2.05) is 20.2 Å². The molecular weight excluding hydrogens is 194 g/mol. The van der Waals surface area contributed by atoms with Crippen LogP contribution in [0.2, 0.25) is 0 Å². The van der Waals surface area contributed by atoms with Gasteiger partial charge in [-0.25, -0.2) is 0 Å². The van der Waals surface area contributed by atoms with Crippen molar-refractivity contribution in [1.29, 1.82) is 0 Å². The van der Waals surface area contributed by atoms with Crippen molar-refractivity contribution >= 4 is 0 Å². The molecule has 2 aromatic rings. The summed E-state index contributed by atoms with van der Waals surface area (Å²) in [4.78, 5) is 4.23. The zero-order chi connectivity index (χ0) is 10.8. The standard InChI is InChI=1S/C9H13N5O/c1-6-7(5-14(2)12-6)9-11-8(3-4-10)13-15-9/h5H,3-4,10H2,1-2H3. The van der Waals surface area contributed by atoms with Crippen LogP contribution < -0.4 is 5.73 Å². The maximum Gasteiger partial charge on any atom is 0.261 e. The Morgan fingerprint density at radius 1 is 1.53 bits per heavy atom. The Morgan fingerprint density at radius 2 is 2.33 bits per heavy atom. The van der Waals surface area contributed by atoms with Gasteiger partial charge in [-0.15, -0.1) is 0 Å². The Balaban J connectivity index is 2.32. The third-order valence-electron chi connectivity index (χ3n) is 2.08. The summed E-state index contributed by atoms with van der Waals surface area (Å²) in [5.41, 5.74) is 7.15. The average molecular weight is 207 g/mol. The summed E-state index contributed by atoms with van der Waals surface area (Å²) in [5, 5.41) is 8.04. The van der Waals surface area contributed by atoms with Gasteiger partial charge in [0, 0.05) is 19.7 Å². The van der Waals surface area contributed by atoms with Crippen LogP contribution in [0.1, 0.15) is 11.5 Å². The topological polar surface area (TPSA) is 82.8 Å². The summed E-state index contributed by atoms with van der Waals surface area (Å²) in [6.45, 7) is 2.42. The van der Waals surface area contributed by atoms with Crippen LogP contribution in [0.3, 0.4) is 0 Å². The minimum absolute atomic E-state index is 0.504. The minimum Gasteiger partial charge on any atom is -0.334 e. The van der Waals surface area contributed by atoms with Crippen molar-refractivity contribution in [2.75, 3.05) is 6.54 Å². The molecule has 2 aromatic heterocycles. The summed E-state index contributed by atoms with van der Waals surface area (Å²) in [6.07, 6.45) is 2.48. The van der Waals surface area contributed by atoms with E-state index in [-0.39, 0.29) is 0 Å². The molecule has 15 heavy (non-hydrogen) atoms. The fourth-order valence-corrected chi connectivity index (χ4v) is 1.40. The molecule has 0 atom stereocenters. The third kappa shape index (κ3) is 1.89. The van der Waals surface area contributed by atoms with Crippen LogP contribution in [0.4, 0.5) is 0 Å². The van der Waals surface area contributed by atoms with Crippen LogP contribution in [0.25, 0.3) is 11.5 Å². The summed E-state index contributed by atoms with van der Waals surface area (Å²) < 4.78 is 6.85. The molecular formula is C9H13N5O. The van der Waals surface area contributed by atoms with Crippen molar-refractivity contribution in [3.8, 4) is 11.5 Å². The van der Waals surface area contributed by atoms with Crippen molar-refractivity contribution in [3.05, 3.63) is 17.7 Å². The molecule has 2 N–H and O–H groups in total. The van der Waals surface area contributed by atoms with Gasteiger partial charge >= 0.3 is 0 Å². The Labute approximate surface area is 87.1 Å². The van der Waals surface area contributed by atoms with E-state index in [9.17, 15) is 0 Å². The van der Waals surface area contributed by atoms with Gasteiger partial charge in [-0.2, -0.15) is 10.1 Å². The SMILES string of the molecule is Cc1nn(C)cc1-c1nc(CCN)no1. The average Bonchev–Trinajstić information content (AvgIpc) is 2.73. The van der Waals surface area contributed by atoms with E-state index in [0.717, 1.165) is 11.3 Å². The summed E-state index contributed by atoms with van der Waals surface area (Å²) in [5.74, 6) is 1.14. The van der Waals surface area contributed by atoms with E-state index < -0.39 is 0 Å². The molecule has 2 heterocycles. The lowest BCUT2D eigenvalue weighted by atomic mass is 10.3. The number of rotatable bonds is 3. The normalized spacial score (nSPS) is 10.9. The first-order valence-electron chi connectivity index (χ1n) is 4.74. The molecule has 0 aliphatic carbocycles. The lowest BCUT2D eigenvalue weighted by molar-refractivity contribution is 0.422. The zero-order valence-electron chi connectivity index (χ0n) is 8.77. The van der Waals surface area contributed by atoms with E-state index in [1.54, 1.807) is 4.68 Å². The van der Waals surface area contributed by atoms with Crippen LogP contribution in [0.15, 0.2) is 10.7 Å². The molecule has 6 nitrogen and oxygen atoms in total. The fraction of sp³-hybridized carbons (Fsp3) is 0.444. The molecule has 0 spiro atoms. The summed E-state index contributed by atoms with van der Waals surface area (Å²) in [6, 6.07) is 0. The maximum absolute atomic E-state index is 5.40. The third-order valence-corrected chi connectivity index (χ3v) is 2.08. The van der Waals surface area contributed by atoms with Gasteiger partial charge in [-0.1, -0.05) is 5.16 Å². The van der Waals surface area contributed by atoms with E-state index in [4.69, 9.17) is 10.3 Å². The van der Waals surface area contributed by atoms with Crippen LogP contribution in [0.5, 0.6) is 0 Å². The van der Waals surface area contributed by atoms with Gasteiger partial charge in [-0.05, 0) is 13.5 Å². The highest BCUT2D eigenvalue weighted by Crippen LogP contribution is 2.19. The quantitative estimate of drug-likeness (QED) is 0.781. The van der Waals surface area contributed by atoms with Gasteiger partial charge in [-0.3, -0.25) is 4.68 Å². The molecule has 0 radical (unpaired) electrons. The Hall–Kier alpha value is -1.69. The monoisotopic (exact) mass is 207 g/mol. The van der Waals surface area contributed by atoms with Crippen molar-refractivity contribution in [1.82, 2.24) is 19.9 Å². The molecule has 0 saturated heterocycles. The smallest absolute Gasteiger partial charge is 0.261 e. The molecule has 0 bridgehead atoms. The van der Waals surface area contributed by atoms with Crippen LogP contribution >= 0.6 is 0 Å². The molecule has 0 aliphatic heterocycles. The largest absolute Gasteiger partial charge is 0.334 e. The number of nitrogens with two attached hydrogens (primary N) is 1. The van der Waals surface area contributed by atoms with Gasteiger partial charge in [0.25, 0.3) is 5.89 Å². The molecule has 0 unspecified atom stereocenters. The van der Waals surface area contributed by atoms with Crippen LogP contribution in [0, 0.1) is 6.92 Å². The predicted octanol–water partition coefficient (Wildman–Crippen LogP) is 0.280. The van der Waals surface area contributed by atoms with Gasteiger partial charge < -0.3 is 10.3 Å². The molecule has 0 amide bonds. The second-order valence-electron chi connectivity index (χ2n) is 3.36. The van der Waals surface area contributed by atoms with Crippen molar-refractivity contribution in [2.24, 2.45) is 12.8 Å². The van der Waals surface area contributed by atoms with E-state index in [2.05, 4.69) is 15.2 Å². The number of nitrogens with zero attached hydrogens (tertiary/aromatic N) is 4. The first-order chi connectivity index (χ1) is 7.20. The number of hydrogen-bond acceptors (Lipinski definition) is 5. The lowest BCUT2D eigenvalue weighted by Crippen LogP contribution is -2.03. The highest BCUT2D eigenvalue weighted by atomic mass is 16.5. The Kier molecular flexibility index (Phi) is 2.51. The lowest BCUT2D eigenvalue weighted by Gasteiger charge is -1.87. The summed E-state index contributed by atoms with van der Waals surface area (Å²) >= 11 is 0. The van der Waals surface area contributed by atoms with Crippen molar-refractivity contribution < 1.29 is 4.52 Å². The van der Waals surface area contributed by atoms with Gasteiger partial charge in [0.15, 0.2) is 5.82 Å². The van der Waals surface area contributed by atoms with Gasteiger partial charge in [0.05, 0.1) is 11.3 Å². The van der Waals surface area contributed by atoms with E-state index >= 15 is 0 Å². The molecule has 2 rings (SSSR count). The number of aromatic nitrogens is 4. The van der Waals surface area contributed by atoms with Gasteiger partial charge in [0.2, 0.25) is 0 Å².